The van der Waals surface area contributed by atoms with E-state index in [0.29, 0.717) is 54.0 Å². The Labute approximate surface area is 154 Å². The van der Waals surface area contributed by atoms with Crippen LogP contribution in [0.4, 0.5) is 8.78 Å². The van der Waals surface area contributed by atoms with Crippen molar-refractivity contribution in [3.63, 3.8) is 0 Å². The smallest absolute Gasteiger partial charge is 0.288 e. The van der Waals surface area contributed by atoms with Gasteiger partial charge in [-0.05, 0) is 36.4 Å². The largest absolute Gasteiger partial charge is 0.335 e. The third-order valence-electron chi connectivity index (χ3n) is 4.09. The van der Waals surface area contributed by atoms with Crippen LogP contribution < -0.4 is 0 Å². The minimum atomic E-state index is -2.48. The summed E-state index contributed by atoms with van der Waals surface area (Å²) in [7, 11) is 0. The van der Waals surface area contributed by atoms with E-state index in [1.54, 1.807) is 40.3 Å². The van der Waals surface area contributed by atoms with E-state index >= 15 is 0 Å². The molecule has 0 atom stereocenters. The van der Waals surface area contributed by atoms with Gasteiger partial charge in [0, 0.05) is 49.0 Å². The molecule has 5 nitrogen and oxygen atoms in total. The fraction of sp³-hybridized carbons (Fsp3) is 0.278. The SMILES string of the molecule is O=C(c1ccc(SC(F)F)cc1)N1CCN(C(=O)c2cccnc2)CC1. The van der Waals surface area contributed by atoms with Crippen LogP contribution in [0, 0.1) is 0 Å². The maximum Gasteiger partial charge on any atom is 0.288 e. The van der Waals surface area contributed by atoms with E-state index in [1.165, 1.54) is 18.3 Å². The third kappa shape index (κ3) is 4.37. The normalized spacial score (nSPS) is 14.6. The van der Waals surface area contributed by atoms with Gasteiger partial charge < -0.3 is 9.80 Å². The van der Waals surface area contributed by atoms with Crippen molar-refractivity contribution in [3.8, 4) is 0 Å². The van der Waals surface area contributed by atoms with E-state index in [1.807, 2.05) is 0 Å². The van der Waals surface area contributed by atoms with Crippen molar-refractivity contribution in [2.24, 2.45) is 0 Å². The highest BCUT2D eigenvalue weighted by Gasteiger charge is 2.25. The highest BCUT2D eigenvalue weighted by atomic mass is 32.2. The average Bonchev–Trinajstić information content (AvgIpc) is 2.68. The second kappa shape index (κ2) is 8.27. The van der Waals surface area contributed by atoms with Gasteiger partial charge in [0.2, 0.25) is 0 Å². The van der Waals surface area contributed by atoms with Gasteiger partial charge in [0.15, 0.2) is 0 Å². The lowest BCUT2D eigenvalue weighted by atomic mass is 10.1. The number of rotatable bonds is 4. The van der Waals surface area contributed by atoms with Crippen LogP contribution in [0.15, 0.2) is 53.7 Å². The van der Waals surface area contributed by atoms with Gasteiger partial charge in [0.25, 0.3) is 17.6 Å². The number of amides is 2. The number of thioether (sulfide) groups is 1. The van der Waals surface area contributed by atoms with Gasteiger partial charge in [0.1, 0.15) is 0 Å². The van der Waals surface area contributed by atoms with Crippen LogP contribution in [-0.2, 0) is 0 Å². The van der Waals surface area contributed by atoms with Crippen molar-refractivity contribution in [1.29, 1.82) is 0 Å². The Morgan fingerprint density at radius 3 is 2.00 bits per heavy atom. The zero-order chi connectivity index (χ0) is 18.5. The van der Waals surface area contributed by atoms with Crippen LogP contribution in [0.3, 0.4) is 0 Å². The number of pyridine rings is 1. The second-order valence-corrected chi connectivity index (χ2v) is 6.79. The minimum absolute atomic E-state index is 0.0985. The predicted molar refractivity (Wildman–Crippen MR) is 94.3 cm³/mol. The molecule has 0 saturated carbocycles. The van der Waals surface area contributed by atoms with Gasteiger partial charge in [-0.3, -0.25) is 14.6 Å². The molecule has 1 saturated heterocycles. The fourth-order valence-corrected chi connectivity index (χ4v) is 3.24. The van der Waals surface area contributed by atoms with Gasteiger partial charge in [-0.2, -0.15) is 8.78 Å². The van der Waals surface area contributed by atoms with Crippen LogP contribution in [0.5, 0.6) is 0 Å². The Morgan fingerprint density at radius 1 is 0.923 bits per heavy atom. The van der Waals surface area contributed by atoms with E-state index in [2.05, 4.69) is 4.98 Å². The molecule has 26 heavy (non-hydrogen) atoms. The quantitative estimate of drug-likeness (QED) is 0.769. The molecule has 1 fully saturated rings. The van der Waals surface area contributed by atoms with Gasteiger partial charge >= 0.3 is 0 Å². The first kappa shape index (κ1) is 18.3. The van der Waals surface area contributed by atoms with Crippen molar-refractivity contribution < 1.29 is 18.4 Å². The van der Waals surface area contributed by atoms with E-state index in [9.17, 15) is 18.4 Å². The third-order valence-corrected chi connectivity index (χ3v) is 4.81. The molecule has 0 aliphatic carbocycles. The lowest BCUT2D eigenvalue weighted by molar-refractivity contribution is 0.0535. The van der Waals surface area contributed by atoms with Crippen LogP contribution in [0.1, 0.15) is 20.7 Å². The second-order valence-electron chi connectivity index (χ2n) is 5.73. The molecule has 2 heterocycles. The Kier molecular flexibility index (Phi) is 5.82. The molecule has 0 spiro atoms. The van der Waals surface area contributed by atoms with Crippen molar-refractivity contribution in [3.05, 3.63) is 59.9 Å². The Hall–Kier alpha value is -2.48. The van der Waals surface area contributed by atoms with Crippen LogP contribution in [-0.4, -0.2) is 58.5 Å². The maximum absolute atomic E-state index is 12.5. The summed E-state index contributed by atoms with van der Waals surface area (Å²) in [5.74, 6) is -2.74. The number of piperazine rings is 1. The summed E-state index contributed by atoms with van der Waals surface area (Å²) < 4.78 is 24.7. The van der Waals surface area contributed by atoms with Crippen molar-refractivity contribution in [2.75, 3.05) is 26.2 Å². The molecule has 1 aliphatic rings. The van der Waals surface area contributed by atoms with Gasteiger partial charge in [-0.1, -0.05) is 11.8 Å². The molecule has 1 aromatic carbocycles. The number of carbonyl (C=O) groups is 2. The van der Waals surface area contributed by atoms with Gasteiger partial charge in [0.05, 0.1) is 5.56 Å². The Balaban J connectivity index is 1.57. The standard InChI is InChI=1S/C18H17F2N3O2S/c19-18(20)26-15-5-3-13(4-6-15)16(24)22-8-10-23(11-9-22)17(25)14-2-1-7-21-12-14/h1-7,12,18H,8-11H2. The summed E-state index contributed by atoms with van der Waals surface area (Å²) in [4.78, 5) is 32.7. The number of hydrogen-bond donors (Lipinski definition) is 0. The predicted octanol–water partition coefficient (Wildman–Crippen LogP) is 2.99. The molecule has 1 aromatic heterocycles. The number of nitrogens with zero attached hydrogens (tertiary/aromatic N) is 3. The monoisotopic (exact) mass is 377 g/mol. The molecular weight excluding hydrogens is 360 g/mol. The molecule has 0 N–H and O–H groups in total. The van der Waals surface area contributed by atoms with E-state index in [4.69, 9.17) is 0 Å². The summed E-state index contributed by atoms with van der Waals surface area (Å²) in [6.45, 7) is 1.74. The molecule has 1 aliphatic heterocycles. The zero-order valence-electron chi connectivity index (χ0n) is 13.8. The summed E-state index contributed by atoms with van der Waals surface area (Å²) in [5, 5.41) is 0. The van der Waals surface area contributed by atoms with Gasteiger partial charge in [-0.15, -0.1) is 0 Å². The summed E-state index contributed by atoms with van der Waals surface area (Å²) in [6.07, 6.45) is 3.14. The molecule has 2 amide bonds. The van der Waals surface area contributed by atoms with Gasteiger partial charge in [-0.25, -0.2) is 0 Å². The molecule has 136 valence electrons. The first-order valence-corrected chi connectivity index (χ1v) is 8.96. The molecule has 3 rings (SSSR count). The van der Waals surface area contributed by atoms with E-state index in [-0.39, 0.29) is 11.8 Å². The molecule has 0 radical (unpaired) electrons. The molecule has 8 heteroatoms. The Bertz CT molecular complexity index is 764. The lowest BCUT2D eigenvalue weighted by Crippen LogP contribution is -2.50. The number of halogens is 2. The Morgan fingerprint density at radius 2 is 1.50 bits per heavy atom. The van der Waals surface area contributed by atoms with Crippen molar-refractivity contribution in [1.82, 2.24) is 14.8 Å². The average molecular weight is 377 g/mol. The number of hydrogen-bond acceptors (Lipinski definition) is 4. The maximum atomic E-state index is 12.5. The first-order chi connectivity index (χ1) is 12.5. The minimum Gasteiger partial charge on any atom is -0.335 e. The number of alkyl halides is 2. The topological polar surface area (TPSA) is 53.5 Å². The van der Waals surface area contributed by atoms with Crippen LogP contribution in [0.25, 0.3) is 0 Å². The number of carbonyl (C=O) groups excluding carboxylic acids is 2. The van der Waals surface area contributed by atoms with E-state index < -0.39 is 5.76 Å². The van der Waals surface area contributed by atoms with E-state index in [0.717, 1.165) is 0 Å². The van der Waals surface area contributed by atoms with Crippen molar-refractivity contribution in [2.45, 2.75) is 10.7 Å². The zero-order valence-corrected chi connectivity index (χ0v) is 14.7. The molecule has 0 bridgehead atoms. The summed E-state index contributed by atoms with van der Waals surface area (Å²) in [6, 6.07) is 9.58. The molecular formula is C18H17F2N3O2S. The number of benzene rings is 1. The fourth-order valence-electron chi connectivity index (χ4n) is 2.75. The number of aromatic nitrogens is 1. The summed E-state index contributed by atoms with van der Waals surface area (Å²) in [5.41, 5.74) is 0.982. The molecule has 2 aromatic rings. The lowest BCUT2D eigenvalue weighted by Gasteiger charge is -2.34. The summed E-state index contributed by atoms with van der Waals surface area (Å²) >= 11 is 0.448. The highest BCUT2D eigenvalue weighted by Crippen LogP contribution is 2.25. The molecule has 0 unspecified atom stereocenters. The van der Waals surface area contributed by atoms with Crippen molar-refractivity contribution >= 4 is 23.6 Å². The first-order valence-electron chi connectivity index (χ1n) is 8.08. The highest BCUT2D eigenvalue weighted by molar-refractivity contribution is 7.99. The van der Waals surface area contributed by atoms with Crippen LogP contribution >= 0.6 is 11.8 Å². The van der Waals surface area contributed by atoms with Crippen LogP contribution in [0.2, 0.25) is 0 Å².